The van der Waals surface area contributed by atoms with Gasteiger partial charge in [-0.05, 0) is 24.3 Å². The first-order chi connectivity index (χ1) is 10.3. The maximum atomic E-state index is 11.6. The Labute approximate surface area is 120 Å². The molecular weight excluding hydrogens is 272 g/mol. The molecule has 7 nitrogen and oxygen atoms in total. The molecule has 0 aliphatic carbocycles. The first-order valence-electron chi connectivity index (χ1n) is 6.37. The van der Waals surface area contributed by atoms with Gasteiger partial charge in [0, 0.05) is 30.9 Å². The lowest BCUT2D eigenvalue weighted by Gasteiger charge is -1.99. The minimum Gasteiger partial charge on any atom is -0.459 e. The van der Waals surface area contributed by atoms with Gasteiger partial charge in [0.2, 0.25) is 0 Å². The quantitative estimate of drug-likeness (QED) is 0.766. The van der Waals surface area contributed by atoms with Crippen molar-refractivity contribution in [3.8, 4) is 11.5 Å². The number of pyridine rings is 1. The van der Waals surface area contributed by atoms with Crippen molar-refractivity contribution < 1.29 is 13.7 Å². The Morgan fingerprint density at radius 1 is 1.24 bits per heavy atom. The summed E-state index contributed by atoms with van der Waals surface area (Å²) < 4.78 is 10.2. The highest BCUT2D eigenvalue weighted by molar-refractivity contribution is 5.91. The van der Waals surface area contributed by atoms with Gasteiger partial charge in [0.05, 0.1) is 6.26 Å². The highest BCUT2D eigenvalue weighted by Gasteiger charge is 2.10. The molecule has 3 aromatic rings. The third kappa shape index (κ3) is 3.14. The molecule has 0 aliphatic rings. The van der Waals surface area contributed by atoms with Crippen LogP contribution in [-0.2, 0) is 6.42 Å². The molecule has 3 aromatic heterocycles. The Bertz CT molecular complexity index is 707. The van der Waals surface area contributed by atoms with E-state index >= 15 is 0 Å². The molecule has 21 heavy (non-hydrogen) atoms. The zero-order chi connectivity index (χ0) is 14.5. The molecule has 1 N–H and O–H groups in total. The van der Waals surface area contributed by atoms with E-state index in [1.807, 2.05) is 0 Å². The molecule has 0 radical (unpaired) electrons. The topological polar surface area (TPSA) is 94.1 Å². The van der Waals surface area contributed by atoms with Gasteiger partial charge in [-0.25, -0.2) is 0 Å². The van der Waals surface area contributed by atoms with E-state index in [1.54, 1.807) is 36.7 Å². The molecule has 7 heteroatoms. The van der Waals surface area contributed by atoms with Gasteiger partial charge in [0.25, 0.3) is 11.8 Å². The maximum Gasteiger partial charge on any atom is 0.286 e. The van der Waals surface area contributed by atoms with Crippen molar-refractivity contribution in [2.45, 2.75) is 6.42 Å². The third-order valence-electron chi connectivity index (χ3n) is 2.77. The molecule has 0 fully saturated rings. The molecule has 3 heterocycles. The molecule has 0 saturated carbocycles. The highest BCUT2D eigenvalue weighted by atomic mass is 16.5. The van der Waals surface area contributed by atoms with Gasteiger partial charge in [0.1, 0.15) is 0 Å². The lowest BCUT2D eigenvalue weighted by atomic mass is 10.3. The van der Waals surface area contributed by atoms with Crippen molar-refractivity contribution in [1.82, 2.24) is 20.4 Å². The second-order valence-corrected chi connectivity index (χ2v) is 4.23. The summed E-state index contributed by atoms with van der Waals surface area (Å²) in [5.74, 6) is 0.977. The van der Waals surface area contributed by atoms with Gasteiger partial charge in [-0.2, -0.15) is 4.98 Å². The van der Waals surface area contributed by atoms with Gasteiger partial charge in [-0.1, -0.05) is 5.16 Å². The number of hydrogen-bond acceptors (Lipinski definition) is 6. The number of rotatable bonds is 5. The zero-order valence-electron chi connectivity index (χ0n) is 11.0. The average Bonchev–Trinajstić information content (AvgIpc) is 3.20. The molecule has 1 amide bonds. The summed E-state index contributed by atoms with van der Waals surface area (Å²) in [6, 6.07) is 6.84. The van der Waals surface area contributed by atoms with Crippen LogP contribution in [0.25, 0.3) is 11.5 Å². The standard InChI is InChI=1S/C14H12N4O3/c19-13(11-2-1-9-20-11)16-8-5-12-17-14(21-18-12)10-3-6-15-7-4-10/h1-4,6-7,9H,5,8H2,(H,16,19). The van der Waals surface area contributed by atoms with Crippen LogP contribution < -0.4 is 5.32 Å². The molecule has 0 atom stereocenters. The molecule has 3 rings (SSSR count). The fourth-order valence-corrected chi connectivity index (χ4v) is 1.75. The van der Waals surface area contributed by atoms with E-state index in [0.29, 0.717) is 24.7 Å². The first-order valence-corrected chi connectivity index (χ1v) is 6.37. The normalized spacial score (nSPS) is 10.5. The van der Waals surface area contributed by atoms with Gasteiger partial charge in [0.15, 0.2) is 11.6 Å². The molecule has 0 aliphatic heterocycles. The third-order valence-corrected chi connectivity index (χ3v) is 2.77. The van der Waals surface area contributed by atoms with E-state index in [9.17, 15) is 4.79 Å². The number of nitrogens with zero attached hydrogens (tertiary/aromatic N) is 3. The van der Waals surface area contributed by atoms with Gasteiger partial charge >= 0.3 is 0 Å². The fourth-order valence-electron chi connectivity index (χ4n) is 1.75. The monoisotopic (exact) mass is 284 g/mol. The predicted molar refractivity (Wildman–Crippen MR) is 72.3 cm³/mol. The largest absolute Gasteiger partial charge is 0.459 e. The highest BCUT2D eigenvalue weighted by Crippen LogP contribution is 2.15. The number of hydrogen-bond donors (Lipinski definition) is 1. The number of nitrogens with one attached hydrogen (secondary N) is 1. The summed E-state index contributed by atoms with van der Waals surface area (Å²) in [4.78, 5) is 19.8. The Hall–Kier alpha value is -2.96. The average molecular weight is 284 g/mol. The Morgan fingerprint density at radius 2 is 2.10 bits per heavy atom. The van der Waals surface area contributed by atoms with E-state index in [2.05, 4.69) is 20.4 Å². The van der Waals surface area contributed by atoms with Crippen LogP contribution in [0, 0.1) is 0 Å². The van der Waals surface area contributed by atoms with Crippen molar-refractivity contribution in [2.24, 2.45) is 0 Å². The van der Waals surface area contributed by atoms with Crippen LogP contribution in [0.3, 0.4) is 0 Å². The van der Waals surface area contributed by atoms with Crippen LogP contribution in [0.4, 0.5) is 0 Å². The molecule has 0 spiro atoms. The van der Waals surface area contributed by atoms with Gasteiger partial charge in [-0.15, -0.1) is 0 Å². The summed E-state index contributed by atoms with van der Waals surface area (Å²) >= 11 is 0. The zero-order valence-corrected chi connectivity index (χ0v) is 11.0. The second kappa shape index (κ2) is 6.00. The van der Waals surface area contributed by atoms with Crippen LogP contribution in [0.5, 0.6) is 0 Å². The van der Waals surface area contributed by atoms with Crippen LogP contribution in [0.2, 0.25) is 0 Å². The van der Waals surface area contributed by atoms with E-state index in [0.717, 1.165) is 5.56 Å². The SMILES string of the molecule is O=C(NCCc1noc(-c2ccncc2)n1)c1ccco1. The van der Waals surface area contributed by atoms with Crippen LogP contribution >= 0.6 is 0 Å². The molecule has 0 aromatic carbocycles. The van der Waals surface area contributed by atoms with Gasteiger partial charge < -0.3 is 14.3 Å². The number of carbonyl (C=O) groups is 1. The van der Waals surface area contributed by atoms with Crippen molar-refractivity contribution in [1.29, 1.82) is 0 Å². The van der Waals surface area contributed by atoms with Crippen molar-refractivity contribution >= 4 is 5.91 Å². The van der Waals surface area contributed by atoms with Crippen LogP contribution in [-0.4, -0.2) is 27.6 Å². The summed E-state index contributed by atoms with van der Waals surface area (Å²) in [5, 5.41) is 6.59. The Kier molecular flexibility index (Phi) is 3.72. The van der Waals surface area contributed by atoms with Gasteiger partial charge in [-0.3, -0.25) is 9.78 Å². The Morgan fingerprint density at radius 3 is 2.86 bits per heavy atom. The fraction of sp³-hybridized carbons (Fsp3) is 0.143. The van der Waals surface area contributed by atoms with E-state index in [-0.39, 0.29) is 11.7 Å². The summed E-state index contributed by atoms with van der Waals surface area (Å²) in [5.41, 5.74) is 0.809. The molecule has 106 valence electrons. The second-order valence-electron chi connectivity index (χ2n) is 4.23. The van der Waals surface area contributed by atoms with Crippen molar-refractivity contribution in [3.05, 3.63) is 54.5 Å². The first kappa shape index (κ1) is 13.0. The van der Waals surface area contributed by atoms with Crippen molar-refractivity contribution in [3.63, 3.8) is 0 Å². The lowest BCUT2D eigenvalue weighted by Crippen LogP contribution is -2.25. The minimum absolute atomic E-state index is 0.266. The minimum atomic E-state index is -0.266. The van der Waals surface area contributed by atoms with Crippen LogP contribution in [0.15, 0.2) is 51.9 Å². The smallest absolute Gasteiger partial charge is 0.286 e. The predicted octanol–water partition coefficient (Wildman–Crippen LogP) is 1.70. The Balaban J connectivity index is 1.55. The number of amides is 1. The number of aromatic nitrogens is 3. The summed E-state index contributed by atoms with van der Waals surface area (Å²) in [7, 11) is 0. The van der Waals surface area contributed by atoms with E-state index in [1.165, 1.54) is 6.26 Å². The van der Waals surface area contributed by atoms with E-state index in [4.69, 9.17) is 8.94 Å². The number of furan rings is 1. The summed E-state index contributed by atoms with van der Waals surface area (Å²) in [6.07, 6.45) is 5.24. The lowest BCUT2D eigenvalue weighted by molar-refractivity contribution is 0.0926. The molecule has 0 bridgehead atoms. The molecule has 0 unspecified atom stereocenters. The van der Waals surface area contributed by atoms with E-state index < -0.39 is 0 Å². The number of carbonyl (C=O) groups excluding carboxylic acids is 1. The molecule has 0 saturated heterocycles. The summed E-state index contributed by atoms with van der Waals surface area (Å²) in [6.45, 7) is 0.398. The van der Waals surface area contributed by atoms with Crippen LogP contribution in [0.1, 0.15) is 16.4 Å². The molecular formula is C14H12N4O3. The van der Waals surface area contributed by atoms with Crippen molar-refractivity contribution in [2.75, 3.05) is 6.54 Å². The maximum absolute atomic E-state index is 11.6.